The predicted octanol–water partition coefficient (Wildman–Crippen LogP) is 0.154. The molecule has 0 radical (unpaired) electrons. The van der Waals surface area contributed by atoms with Gasteiger partial charge in [-0.25, -0.2) is 0 Å². The summed E-state index contributed by atoms with van der Waals surface area (Å²) in [4.78, 5) is 2.19. The highest BCUT2D eigenvalue weighted by Crippen LogP contribution is 2.07. The van der Waals surface area contributed by atoms with E-state index in [0.717, 1.165) is 26.3 Å². The first-order valence-electron chi connectivity index (χ1n) is 4.74. The number of hydrogen-bond acceptors (Lipinski definition) is 5. The van der Waals surface area contributed by atoms with Gasteiger partial charge in [-0.15, -0.1) is 0 Å². The number of nitrogens with zero attached hydrogens (tertiary/aromatic N) is 1. The van der Waals surface area contributed by atoms with Crippen molar-refractivity contribution in [2.75, 3.05) is 47.3 Å². The molecule has 1 fully saturated rings. The molecule has 1 rings (SSSR count). The summed E-state index contributed by atoms with van der Waals surface area (Å²) in [6.45, 7) is 5.83. The fraction of sp³-hybridized carbons (Fsp3) is 1.00. The average molecular weight is 221 g/mol. The van der Waals surface area contributed by atoms with Gasteiger partial charge < -0.3 is 18.0 Å². The molecule has 0 bridgehead atoms. The second kappa shape index (κ2) is 5.79. The van der Waals surface area contributed by atoms with Crippen LogP contribution in [0.2, 0.25) is 6.55 Å². The Kier molecular flexibility index (Phi) is 5.00. The van der Waals surface area contributed by atoms with Crippen LogP contribution in [0.3, 0.4) is 0 Å². The van der Waals surface area contributed by atoms with E-state index in [-0.39, 0.29) is 0 Å². The van der Waals surface area contributed by atoms with Crippen LogP contribution in [0.4, 0.5) is 0 Å². The molecule has 0 spiro atoms. The summed E-state index contributed by atoms with van der Waals surface area (Å²) in [5, 5.41) is 0. The topological polar surface area (TPSA) is 40.2 Å². The molecule has 0 amide bonds. The molecular weight excluding hydrogens is 202 g/mol. The molecular formula is C8H19NO4Si. The maximum absolute atomic E-state index is 5.63. The van der Waals surface area contributed by atoms with Gasteiger partial charge in [0, 0.05) is 33.9 Å². The molecule has 1 heterocycles. The van der Waals surface area contributed by atoms with E-state index in [2.05, 4.69) is 4.90 Å². The molecule has 0 atom stereocenters. The van der Waals surface area contributed by atoms with E-state index >= 15 is 0 Å². The standard InChI is InChI=1S/C8H19NO4Si/c1-10-14(3,11-2)13-8-9-4-6-12-7-5-9/h4-8H2,1-3H3. The Morgan fingerprint density at radius 2 is 1.79 bits per heavy atom. The third-order valence-electron chi connectivity index (χ3n) is 2.35. The Labute approximate surface area is 86.3 Å². The second-order valence-electron chi connectivity index (χ2n) is 3.27. The van der Waals surface area contributed by atoms with E-state index in [0.29, 0.717) is 6.73 Å². The smallest absolute Gasteiger partial charge is 0.379 e. The molecule has 1 aliphatic heterocycles. The zero-order chi connectivity index (χ0) is 10.4. The third-order valence-corrected chi connectivity index (χ3v) is 4.49. The Bertz CT molecular complexity index is 159. The van der Waals surface area contributed by atoms with Gasteiger partial charge in [0.05, 0.1) is 19.9 Å². The number of morpholine rings is 1. The van der Waals surface area contributed by atoms with E-state index in [1.165, 1.54) is 0 Å². The van der Waals surface area contributed by atoms with Crippen LogP contribution >= 0.6 is 0 Å². The zero-order valence-corrected chi connectivity index (χ0v) is 10.1. The summed E-state index contributed by atoms with van der Waals surface area (Å²) in [5.41, 5.74) is 0. The van der Waals surface area contributed by atoms with Crippen LogP contribution in [0.5, 0.6) is 0 Å². The molecule has 0 aromatic heterocycles. The van der Waals surface area contributed by atoms with Gasteiger partial charge in [0.25, 0.3) is 0 Å². The molecule has 0 unspecified atom stereocenters. The van der Waals surface area contributed by atoms with Crippen molar-refractivity contribution in [2.45, 2.75) is 6.55 Å². The summed E-state index contributed by atoms with van der Waals surface area (Å²) in [6.07, 6.45) is 0. The summed E-state index contributed by atoms with van der Waals surface area (Å²) in [7, 11) is 0.876. The number of rotatable bonds is 5. The first kappa shape index (κ1) is 12.1. The van der Waals surface area contributed by atoms with E-state index in [9.17, 15) is 0 Å². The van der Waals surface area contributed by atoms with Crippen LogP contribution in [-0.4, -0.2) is 61.0 Å². The molecule has 0 aliphatic carbocycles. The van der Waals surface area contributed by atoms with Crippen molar-refractivity contribution in [3.63, 3.8) is 0 Å². The van der Waals surface area contributed by atoms with Crippen LogP contribution < -0.4 is 0 Å². The van der Waals surface area contributed by atoms with Crippen LogP contribution in [0.1, 0.15) is 0 Å². The molecule has 84 valence electrons. The normalized spacial score (nSPS) is 19.9. The largest absolute Gasteiger partial charge is 0.498 e. The SMILES string of the molecule is CO[Si](C)(OC)OCN1CCOCC1. The van der Waals surface area contributed by atoms with Gasteiger partial charge in [-0.05, 0) is 0 Å². The molecule has 6 heteroatoms. The monoisotopic (exact) mass is 221 g/mol. The van der Waals surface area contributed by atoms with Crippen molar-refractivity contribution in [3.8, 4) is 0 Å². The summed E-state index contributed by atoms with van der Waals surface area (Å²) < 4.78 is 21.3. The summed E-state index contributed by atoms with van der Waals surface area (Å²) in [6, 6.07) is 0. The fourth-order valence-corrected chi connectivity index (χ4v) is 1.96. The fourth-order valence-electron chi connectivity index (χ4n) is 1.14. The highest BCUT2D eigenvalue weighted by atomic mass is 28.4. The molecule has 0 aromatic carbocycles. The predicted molar refractivity (Wildman–Crippen MR) is 54.0 cm³/mol. The number of hydrogen-bond donors (Lipinski definition) is 0. The van der Waals surface area contributed by atoms with Gasteiger partial charge in [-0.1, -0.05) is 0 Å². The van der Waals surface area contributed by atoms with Crippen LogP contribution in [-0.2, 0) is 18.0 Å². The quantitative estimate of drug-likeness (QED) is 0.618. The maximum Gasteiger partial charge on any atom is 0.498 e. The number of ether oxygens (including phenoxy) is 1. The van der Waals surface area contributed by atoms with Crippen LogP contribution in [0, 0.1) is 0 Å². The zero-order valence-electron chi connectivity index (χ0n) is 9.12. The third kappa shape index (κ3) is 3.64. The lowest BCUT2D eigenvalue weighted by molar-refractivity contribution is -0.0190. The van der Waals surface area contributed by atoms with E-state index < -0.39 is 8.80 Å². The van der Waals surface area contributed by atoms with Gasteiger partial charge in [-0.2, -0.15) is 0 Å². The van der Waals surface area contributed by atoms with Crippen molar-refractivity contribution in [1.29, 1.82) is 0 Å². The van der Waals surface area contributed by atoms with Crippen LogP contribution in [0.25, 0.3) is 0 Å². The molecule has 5 nitrogen and oxygen atoms in total. The van der Waals surface area contributed by atoms with E-state index in [1.54, 1.807) is 14.2 Å². The first-order valence-corrected chi connectivity index (χ1v) is 6.97. The minimum Gasteiger partial charge on any atom is -0.379 e. The van der Waals surface area contributed by atoms with Gasteiger partial charge in [0.15, 0.2) is 0 Å². The highest BCUT2D eigenvalue weighted by Gasteiger charge is 2.32. The molecule has 14 heavy (non-hydrogen) atoms. The lowest BCUT2D eigenvalue weighted by atomic mass is 10.5. The maximum atomic E-state index is 5.63. The highest BCUT2D eigenvalue weighted by molar-refractivity contribution is 6.59. The van der Waals surface area contributed by atoms with Gasteiger partial charge >= 0.3 is 8.80 Å². The second-order valence-corrected chi connectivity index (χ2v) is 6.10. The molecule has 0 aromatic rings. The van der Waals surface area contributed by atoms with Crippen molar-refractivity contribution in [2.24, 2.45) is 0 Å². The minimum atomic E-state index is -2.36. The summed E-state index contributed by atoms with van der Waals surface area (Å²) in [5.74, 6) is 0. The molecule has 1 saturated heterocycles. The minimum absolute atomic E-state index is 0.563. The Morgan fingerprint density at radius 3 is 2.29 bits per heavy atom. The van der Waals surface area contributed by atoms with Crippen LogP contribution in [0.15, 0.2) is 0 Å². The van der Waals surface area contributed by atoms with Gasteiger partial charge in [0.1, 0.15) is 0 Å². The van der Waals surface area contributed by atoms with Gasteiger partial charge in [-0.3, -0.25) is 4.90 Å². The summed E-state index contributed by atoms with van der Waals surface area (Å²) >= 11 is 0. The molecule has 1 aliphatic rings. The first-order chi connectivity index (χ1) is 6.70. The van der Waals surface area contributed by atoms with Crippen molar-refractivity contribution < 1.29 is 18.0 Å². The van der Waals surface area contributed by atoms with Gasteiger partial charge in [0.2, 0.25) is 0 Å². The Balaban J connectivity index is 2.23. The van der Waals surface area contributed by atoms with Crippen molar-refractivity contribution in [3.05, 3.63) is 0 Å². The lowest BCUT2D eigenvalue weighted by Crippen LogP contribution is -2.46. The average Bonchev–Trinajstić information content (AvgIpc) is 2.27. The molecule has 0 saturated carbocycles. The van der Waals surface area contributed by atoms with Crippen molar-refractivity contribution >= 4 is 8.80 Å². The van der Waals surface area contributed by atoms with E-state index in [4.69, 9.17) is 18.0 Å². The van der Waals surface area contributed by atoms with Crippen molar-refractivity contribution in [1.82, 2.24) is 4.90 Å². The Hall–Kier alpha value is 0.0169. The Morgan fingerprint density at radius 1 is 1.21 bits per heavy atom. The molecule has 0 N–H and O–H groups in total. The van der Waals surface area contributed by atoms with E-state index in [1.807, 2.05) is 6.55 Å². The lowest BCUT2D eigenvalue weighted by Gasteiger charge is -2.30.